The number of rotatable bonds is 5. The van der Waals surface area contributed by atoms with Gasteiger partial charge < -0.3 is 20.1 Å². The van der Waals surface area contributed by atoms with Crippen LogP contribution in [-0.4, -0.2) is 68.6 Å². The molecule has 2 unspecified atom stereocenters. The Balaban J connectivity index is 1.17. The van der Waals surface area contributed by atoms with E-state index in [2.05, 4.69) is 70.7 Å². The van der Waals surface area contributed by atoms with E-state index >= 15 is 0 Å². The fourth-order valence-corrected chi connectivity index (χ4v) is 6.78. The zero-order chi connectivity index (χ0) is 27.4. The number of hydrogen-bond donors (Lipinski definition) is 2. The van der Waals surface area contributed by atoms with E-state index in [1.54, 1.807) is 0 Å². The summed E-state index contributed by atoms with van der Waals surface area (Å²) in [6, 6.07) is 7.05. The van der Waals surface area contributed by atoms with Gasteiger partial charge in [0.2, 0.25) is 5.95 Å². The number of fused-ring (bicyclic) bond motifs is 4. The number of nitrogens with zero attached hydrogens (tertiary/aromatic N) is 6. The Morgan fingerprint density at radius 2 is 1.82 bits per heavy atom. The summed E-state index contributed by atoms with van der Waals surface area (Å²) in [6.07, 6.45) is 9.42. The Morgan fingerprint density at radius 1 is 1.08 bits per heavy atom. The van der Waals surface area contributed by atoms with Gasteiger partial charge in [0.1, 0.15) is 17.2 Å². The molecular formula is C30H42N8O. The molecule has 2 N–H and O–H groups in total. The van der Waals surface area contributed by atoms with Crippen molar-refractivity contribution in [2.75, 3.05) is 36.4 Å². The molecule has 0 radical (unpaired) electrons. The first-order valence-corrected chi connectivity index (χ1v) is 14.5. The van der Waals surface area contributed by atoms with Gasteiger partial charge in [-0.3, -0.25) is 9.69 Å². The van der Waals surface area contributed by atoms with Crippen LogP contribution in [0.15, 0.2) is 30.6 Å². The molecule has 1 saturated carbocycles. The highest BCUT2D eigenvalue weighted by Gasteiger charge is 2.42. The highest BCUT2D eigenvalue weighted by atomic mass is 16.2. The number of hydrogen-bond acceptors (Lipinski definition) is 7. The van der Waals surface area contributed by atoms with Crippen molar-refractivity contribution < 1.29 is 4.79 Å². The predicted octanol–water partition coefficient (Wildman–Crippen LogP) is 4.92. The number of carbonyl (C=O) groups excluding carboxylic acids is 1. The van der Waals surface area contributed by atoms with Crippen LogP contribution in [0.5, 0.6) is 0 Å². The molecule has 1 saturated heterocycles. The van der Waals surface area contributed by atoms with Crippen molar-refractivity contribution in [1.82, 2.24) is 29.7 Å². The lowest BCUT2D eigenvalue weighted by molar-refractivity contribution is 0.0876. The number of carbonyl (C=O) groups is 1. The molecule has 9 nitrogen and oxygen atoms in total. The maximum Gasteiger partial charge on any atom is 0.268 e. The van der Waals surface area contributed by atoms with Crippen LogP contribution in [-0.2, 0) is 5.54 Å². The Labute approximate surface area is 231 Å². The lowest BCUT2D eigenvalue weighted by Crippen LogP contribution is -2.57. The van der Waals surface area contributed by atoms with Crippen LogP contribution in [0.2, 0.25) is 0 Å². The molecule has 208 valence electrons. The average molecular weight is 531 g/mol. The first kappa shape index (κ1) is 26.0. The summed E-state index contributed by atoms with van der Waals surface area (Å²) >= 11 is 0. The van der Waals surface area contributed by atoms with E-state index < -0.39 is 0 Å². The van der Waals surface area contributed by atoms with Gasteiger partial charge in [-0.1, -0.05) is 33.6 Å². The molecule has 3 aromatic rings. The third kappa shape index (κ3) is 4.97. The minimum absolute atomic E-state index is 0.0315. The van der Waals surface area contributed by atoms with E-state index in [-0.39, 0.29) is 11.4 Å². The van der Waals surface area contributed by atoms with Crippen molar-refractivity contribution >= 4 is 34.4 Å². The smallest absolute Gasteiger partial charge is 0.268 e. The standard InChI is InChI=1S/C30H42N8O/c1-20-17-36(18-21(2)37(20)13-12-29(3,4)5)23-8-9-25(31-16-23)34-28-32-15-22-14-24-27(39)33-19-30(10-6-7-11-30)38(24)26(22)35-28/h8-9,14-16,20-21H,6-7,10-13,17-19H2,1-5H3,(H,33,39)(H,31,32,34,35). The molecule has 3 aromatic heterocycles. The summed E-state index contributed by atoms with van der Waals surface area (Å²) in [5.74, 6) is 1.18. The van der Waals surface area contributed by atoms with Crippen molar-refractivity contribution in [1.29, 1.82) is 0 Å². The molecule has 0 aromatic carbocycles. The summed E-state index contributed by atoms with van der Waals surface area (Å²) in [5, 5.41) is 7.29. The predicted molar refractivity (Wildman–Crippen MR) is 156 cm³/mol. The first-order chi connectivity index (χ1) is 18.6. The van der Waals surface area contributed by atoms with Crippen molar-refractivity contribution in [3.8, 4) is 0 Å². The van der Waals surface area contributed by atoms with Gasteiger partial charge in [-0.05, 0) is 63.3 Å². The minimum Gasteiger partial charge on any atom is -0.367 e. The number of amides is 1. The van der Waals surface area contributed by atoms with Crippen LogP contribution in [0.1, 0.15) is 77.2 Å². The van der Waals surface area contributed by atoms with E-state index in [9.17, 15) is 4.79 Å². The maximum atomic E-state index is 12.7. The van der Waals surface area contributed by atoms with Crippen LogP contribution in [0.3, 0.4) is 0 Å². The van der Waals surface area contributed by atoms with E-state index in [1.165, 1.54) is 19.3 Å². The van der Waals surface area contributed by atoms with E-state index in [4.69, 9.17) is 9.97 Å². The third-order valence-corrected chi connectivity index (χ3v) is 8.93. The van der Waals surface area contributed by atoms with Gasteiger partial charge in [-0.25, -0.2) is 9.97 Å². The van der Waals surface area contributed by atoms with Crippen LogP contribution >= 0.6 is 0 Å². The number of anilines is 3. The molecule has 1 aliphatic carbocycles. The normalized spacial score (nSPS) is 23.3. The summed E-state index contributed by atoms with van der Waals surface area (Å²) in [4.78, 5) is 31.9. The molecule has 1 amide bonds. The molecule has 39 heavy (non-hydrogen) atoms. The lowest BCUT2D eigenvalue weighted by atomic mass is 9.91. The van der Waals surface area contributed by atoms with E-state index in [0.717, 1.165) is 49.2 Å². The van der Waals surface area contributed by atoms with Gasteiger partial charge in [-0.15, -0.1) is 0 Å². The molecule has 2 fully saturated rings. The molecular weight excluding hydrogens is 488 g/mol. The second-order valence-electron chi connectivity index (χ2n) is 13.1. The highest BCUT2D eigenvalue weighted by Crippen LogP contribution is 2.41. The number of nitrogens with one attached hydrogen (secondary N) is 2. The van der Waals surface area contributed by atoms with Gasteiger partial charge in [0, 0.05) is 43.3 Å². The number of aromatic nitrogens is 4. The van der Waals surface area contributed by atoms with Crippen LogP contribution < -0.4 is 15.5 Å². The third-order valence-electron chi connectivity index (χ3n) is 8.93. The quantitative estimate of drug-likeness (QED) is 0.484. The SMILES string of the molecule is CC1CN(c2ccc(Nc3ncc4cc5n(c4n3)C3(CCCC3)CNC5=O)nc2)CC(C)N1CCC(C)(C)C. The molecule has 2 atom stereocenters. The first-order valence-electron chi connectivity index (χ1n) is 14.5. The second kappa shape index (κ2) is 9.77. The Kier molecular flexibility index (Phi) is 6.52. The van der Waals surface area contributed by atoms with Gasteiger partial charge >= 0.3 is 0 Å². The van der Waals surface area contributed by atoms with Crippen molar-refractivity contribution in [2.45, 2.75) is 84.3 Å². The fourth-order valence-electron chi connectivity index (χ4n) is 6.78. The van der Waals surface area contributed by atoms with Crippen molar-refractivity contribution in [3.63, 3.8) is 0 Å². The van der Waals surface area contributed by atoms with Crippen LogP contribution in [0.4, 0.5) is 17.5 Å². The molecule has 6 rings (SSSR count). The molecule has 1 spiro atoms. The van der Waals surface area contributed by atoms with Gasteiger partial charge in [0.05, 0.1) is 17.4 Å². The van der Waals surface area contributed by atoms with E-state index in [1.807, 2.05) is 24.5 Å². The largest absolute Gasteiger partial charge is 0.367 e. The van der Waals surface area contributed by atoms with Gasteiger partial charge in [0.15, 0.2) is 0 Å². The van der Waals surface area contributed by atoms with Gasteiger partial charge in [-0.2, -0.15) is 4.98 Å². The summed E-state index contributed by atoms with van der Waals surface area (Å²) in [7, 11) is 0. The Hall–Kier alpha value is -3.20. The monoisotopic (exact) mass is 530 g/mol. The maximum absolute atomic E-state index is 12.7. The number of piperazine rings is 1. The zero-order valence-corrected chi connectivity index (χ0v) is 24.0. The van der Waals surface area contributed by atoms with Gasteiger partial charge in [0.25, 0.3) is 5.91 Å². The minimum atomic E-state index is -0.0818. The van der Waals surface area contributed by atoms with Crippen molar-refractivity contribution in [3.05, 3.63) is 36.3 Å². The average Bonchev–Trinajstić information content (AvgIpc) is 3.51. The van der Waals surface area contributed by atoms with Crippen LogP contribution in [0.25, 0.3) is 11.0 Å². The summed E-state index contributed by atoms with van der Waals surface area (Å²) in [6.45, 7) is 15.4. The molecule has 2 aliphatic heterocycles. The lowest BCUT2D eigenvalue weighted by Gasteiger charge is -2.46. The zero-order valence-electron chi connectivity index (χ0n) is 24.0. The molecule has 3 aliphatic rings. The molecule has 0 bridgehead atoms. The fraction of sp³-hybridized carbons (Fsp3) is 0.600. The summed E-state index contributed by atoms with van der Waals surface area (Å²) in [5.41, 5.74) is 2.92. The summed E-state index contributed by atoms with van der Waals surface area (Å²) < 4.78 is 2.18. The Morgan fingerprint density at radius 3 is 2.49 bits per heavy atom. The highest BCUT2D eigenvalue weighted by molar-refractivity contribution is 5.99. The Bertz CT molecular complexity index is 1340. The van der Waals surface area contributed by atoms with Crippen molar-refractivity contribution in [2.24, 2.45) is 5.41 Å². The number of pyridine rings is 1. The second-order valence-corrected chi connectivity index (χ2v) is 13.1. The van der Waals surface area contributed by atoms with Crippen LogP contribution in [0, 0.1) is 5.41 Å². The molecule has 9 heteroatoms. The molecule has 5 heterocycles. The van der Waals surface area contributed by atoms with E-state index in [0.29, 0.717) is 41.5 Å². The topological polar surface area (TPSA) is 91.2 Å².